The van der Waals surface area contributed by atoms with E-state index in [1.165, 1.54) is 29.9 Å². The van der Waals surface area contributed by atoms with Gasteiger partial charge < -0.3 is 24.0 Å². The number of nitrogens with zero attached hydrogens (tertiary/aromatic N) is 3. The van der Waals surface area contributed by atoms with Gasteiger partial charge >= 0.3 is 8.60 Å². The third kappa shape index (κ3) is 9.51. The zero-order valence-electron chi connectivity index (χ0n) is 23.2. The summed E-state index contributed by atoms with van der Waals surface area (Å²) in [7, 11) is -1.71. The van der Waals surface area contributed by atoms with Crippen molar-refractivity contribution in [1.29, 1.82) is 0 Å². The van der Waals surface area contributed by atoms with Crippen LogP contribution in [-0.4, -0.2) is 67.2 Å². The largest absolute Gasteiger partial charge is 0.369 e. The van der Waals surface area contributed by atoms with Gasteiger partial charge in [0.05, 0.1) is 32.3 Å². The number of carbonyl (C=O) groups is 2. The molecule has 2 unspecified atom stereocenters. The average Bonchev–Trinajstić information content (AvgIpc) is 3.47. The minimum atomic E-state index is -1.71. The van der Waals surface area contributed by atoms with Crippen LogP contribution in [0.4, 0.5) is 5.95 Å². The van der Waals surface area contributed by atoms with Crippen molar-refractivity contribution in [2.45, 2.75) is 66.7 Å². The third-order valence-electron chi connectivity index (χ3n) is 5.46. The number of thioether (sulfide) groups is 2. The number of H-pyrrole nitrogens is 1. The summed E-state index contributed by atoms with van der Waals surface area (Å²) in [5, 5.41) is 0.176. The second-order valence-corrected chi connectivity index (χ2v) is 14.4. The molecule has 0 spiro atoms. The fourth-order valence-electron chi connectivity index (χ4n) is 3.35. The number of anilines is 1. The van der Waals surface area contributed by atoms with E-state index in [1.807, 2.05) is 41.5 Å². The summed E-state index contributed by atoms with van der Waals surface area (Å²) in [4.78, 5) is 47.2. The highest BCUT2D eigenvalue weighted by Gasteiger charge is 2.30. The molecule has 1 aliphatic heterocycles. The van der Waals surface area contributed by atoms with Crippen molar-refractivity contribution >= 4 is 59.5 Å². The molecule has 12 nitrogen and oxygen atoms in total. The van der Waals surface area contributed by atoms with E-state index in [9.17, 15) is 14.4 Å². The number of imidazole rings is 1. The molecular formula is C24H38N5O7PS2. The summed E-state index contributed by atoms with van der Waals surface area (Å²) in [5.74, 6) is 0.963. The lowest BCUT2D eigenvalue weighted by atomic mass is 9.99. The van der Waals surface area contributed by atoms with Crippen LogP contribution in [0.3, 0.4) is 0 Å². The van der Waals surface area contributed by atoms with Crippen molar-refractivity contribution < 1.29 is 27.9 Å². The second-order valence-electron chi connectivity index (χ2n) is 11.0. The van der Waals surface area contributed by atoms with Gasteiger partial charge in [0.2, 0.25) is 5.95 Å². The van der Waals surface area contributed by atoms with Crippen LogP contribution in [0.5, 0.6) is 0 Å². The smallest absolute Gasteiger partial charge is 0.332 e. The van der Waals surface area contributed by atoms with Gasteiger partial charge in [0, 0.05) is 22.3 Å². The quantitative estimate of drug-likeness (QED) is 0.262. The van der Waals surface area contributed by atoms with Crippen LogP contribution in [0.1, 0.15) is 60.6 Å². The van der Waals surface area contributed by atoms with Gasteiger partial charge in [-0.05, 0) is 12.8 Å². The van der Waals surface area contributed by atoms with Gasteiger partial charge in [-0.15, -0.1) is 0 Å². The summed E-state index contributed by atoms with van der Waals surface area (Å²) >= 11 is 2.44. The number of aromatic amines is 1. The molecule has 2 atom stereocenters. The molecule has 1 aliphatic rings. The Bertz CT molecular complexity index is 1160. The van der Waals surface area contributed by atoms with Crippen LogP contribution in [0.2, 0.25) is 0 Å². The van der Waals surface area contributed by atoms with Crippen molar-refractivity contribution in [1.82, 2.24) is 19.5 Å². The van der Waals surface area contributed by atoms with Crippen LogP contribution in [0, 0.1) is 10.8 Å². The van der Waals surface area contributed by atoms with E-state index in [0.29, 0.717) is 30.0 Å². The maximum Gasteiger partial charge on any atom is 0.332 e. The SMILES string of the molecule is CC(C)(C)C(=O)SCCOP(OCCSC(=O)C(C)(C)C)OCC1CCC(n2cnc3c(=O)[nH]c(N)nc32)O1. The van der Waals surface area contributed by atoms with E-state index in [-0.39, 0.29) is 53.8 Å². The Labute approximate surface area is 237 Å². The Hall–Kier alpha value is -1.54. The molecule has 0 aromatic carbocycles. The Morgan fingerprint density at radius 3 is 2.23 bits per heavy atom. The van der Waals surface area contributed by atoms with Gasteiger partial charge in [0.15, 0.2) is 21.4 Å². The minimum Gasteiger partial charge on any atom is -0.369 e. The predicted molar refractivity (Wildman–Crippen MR) is 154 cm³/mol. The highest BCUT2D eigenvalue weighted by Crippen LogP contribution is 2.42. The zero-order valence-corrected chi connectivity index (χ0v) is 25.7. The third-order valence-corrected chi connectivity index (χ3v) is 9.10. The topological polar surface area (TPSA) is 161 Å². The number of nitrogen functional groups attached to an aromatic ring is 1. The molecule has 3 rings (SSSR count). The monoisotopic (exact) mass is 603 g/mol. The number of hydrogen-bond donors (Lipinski definition) is 2. The molecule has 39 heavy (non-hydrogen) atoms. The van der Waals surface area contributed by atoms with Crippen LogP contribution in [0.25, 0.3) is 11.2 Å². The summed E-state index contributed by atoms with van der Waals surface area (Å²) in [6.07, 6.45) is 2.29. The second kappa shape index (κ2) is 13.9. The highest BCUT2D eigenvalue weighted by atomic mass is 32.2. The lowest BCUT2D eigenvalue weighted by molar-refractivity contribution is -0.118. The Kier molecular flexibility index (Phi) is 11.4. The maximum atomic E-state index is 12.2. The molecule has 218 valence electrons. The first-order valence-electron chi connectivity index (χ1n) is 12.7. The Balaban J connectivity index is 1.52. The van der Waals surface area contributed by atoms with Gasteiger partial charge in [-0.2, -0.15) is 4.98 Å². The summed E-state index contributed by atoms with van der Waals surface area (Å²) in [6, 6.07) is 0. The molecule has 0 bridgehead atoms. The minimum absolute atomic E-state index is 0.0109. The maximum absolute atomic E-state index is 12.2. The number of nitrogens with one attached hydrogen (secondary N) is 1. The number of nitrogens with two attached hydrogens (primary N) is 1. The molecule has 15 heteroatoms. The van der Waals surface area contributed by atoms with E-state index < -0.39 is 25.0 Å². The fraction of sp³-hybridized carbons (Fsp3) is 0.708. The van der Waals surface area contributed by atoms with Crippen LogP contribution >= 0.6 is 32.1 Å². The molecule has 2 aromatic heterocycles. The number of ether oxygens (including phenoxy) is 1. The molecule has 0 saturated carbocycles. The first-order valence-corrected chi connectivity index (χ1v) is 15.7. The molecule has 0 aliphatic carbocycles. The Morgan fingerprint density at radius 1 is 1.08 bits per heavy atom. The lowest BCUT2D eigenvalue weighted by Gasteiger charge is -2.20. The predicted octanol–water partition coefficient (Wildman–Crippen LogP) is 4.27. The molecule has 0 amide bonds. The zero-order chi connectivity index (χ0) is 28.8. The normalized spacial score (nSPS) is 18.3. The van der Waals surface area contributed by atoms with Crippen LogP contribution in [-0.2, 0) is 27.9 Å². The molecular weight excluding hydrogens is 565 g/mol. The molecule has 3 N–H and O–H groups in total. The van der Waals surface area contributed by atoms with Crippen molar-refractivity contribution in [3.05, 3.63) is 16.7 Å². The van der Waals surface area contributed by atoms with E-state index in [0.717, 1.165) is 0 Å². The van der Waals surface area contributed by atoms with E-state index in [2.05, 4.69) is 15.0 Å². The van der Waals surface area contributed by atoms with E-state index >= 15 is 0 Å². The van der Waals surface area contributed by atoms with Crippen molar-refractivity contribution in [3.63, 3.8) is 0 Å². The molecule has 1 saturated heterocycles. The average molecular weight is 604 g/mol. The summed E-state index contributed by atoms with van der Waals surface area (Å²) < 4.78 is 25.5. The van der Waals surface area contributed by atoms with Crippen molar-refractivity contribution in [3.8, 4) is 0 Å². The van der Waals surface area contributed by atoms with Gasteiger partial charge in [0.25, 0.3) is 5.56 Å². The van der Waals surface area contributed by atoms with Crippen LogP contribution in [0.15, 0.2) is 11.1 Å². The first-order chi connectivity index (χ1) is 18.3. The molecule has 0 radical (unpaired) electrons. The van der Waals surface area contributed by atoms with E-state index in [4.69, 9.17) is 24.0 Å². The van der Waals surface area contributed by atoms with Crippen molar-refractivity contribution in [2.75, 3.05) is 37.1 Å². The van der Waals surface area contributed by atoms with Gasteiger partial charge in [0.1, 0.15) is 6.23 Å². The standard InChI is InChI=1S/C24H38N5O7PS2/c1-23(2,3)20(31)38-11-9-33-37(34-10-12-39-21(32)24(4,5)6)35-13-15-7-8-16(36-15)29-14-26-17-18(29)27-22(25)28-19(17)30/h14-16H,7-13H2,1-6H3,(H3,25,27,28,30). The van der Waals surface area contributed by atoms with E-state index in [1.54, 1.807) is 4.57 Å². The summed E-state index contributed by atoms with van der Waals surface area (Å²) in [5.41, 5.74) is 5.01. The van der Waals surface area contributed by atoms with Gasteiger partial charge in [-0.25, -0.2) is 4.98 Å². The lowest BCUT2D eigenvalue weighted by Crippen LogP contribution is -2.18. The number of hydrogen-bond acceptors (Lipinski definition) is 12. The molecule has 1 fully saturated rings. The number of rotatable bonds is 12. The number of fused-ring (bicyclic) bond motifs is 1. The first kappa shape index (κ1) is 32.0. The van der Waals surface area contributed by atoms with Gasteiger partial charge in [-0.1, -0.05) is 65.1 Å². The highest BCUT2D eigenvalue weighted by molar-refractivity contribution is 8.14. The molecule has 2 aromatic rings. The number of carbonyl (C=O) groups excluding carboxylic acids is 2. The number of aromatic nitrogens is 4. The van der Waals surface area contributed by atoms with Crippen molar-refractivity contribution in [2.24, 2.45) is 10.8 Å². The van der Waals surface area contributed by atoms with Gasteiger partial charge in [-0.3, -0.25) is 23.9 Å². The van der Waals surface area contributed by atoms with Crippen LogP contribution < -0.4 is 11.3 Å². The Morgan fingerprint density at radius 2 is 1.67 bits per heavy atom. The fourth-order valence-corrected chi connectivity index (χ4v) is 6.16. The summed E-state index contributed by atoms with van der Waals surface area (Å²) in [6.45, 7) is 12.1. The molecule has 3 heterocycles.